The Bertz CT molecular complexity index is 893. The second-order valence-corrected chi connectivity index (χ2v) is 6.60. The molecule has 3 rings (SSSR count). The quantitative estimate of drug-likeness (QED) is 0.694. The third-order valence-electron chi connectivity index (χ3n) is 4.89. The van der Waals surface area contributed by atoms with Crippen molar-refractivity contribution in [2.45, 2.75) is 24.9 Å². The molecule has 0 radical (unpaired) electrons. The van der Waals surface area contributed by atoms with Crippen molar-refractivity contribution in [3.8, 4) is 0 Å². The summed E-state index contributed by atoms with van der Waals surface area (Å²) in [5.41, 5.74) is 0.110. The van der Waals surface area contributed by atoms with E-state index in [1.54, 1.807) is 31.2 Å². The zero-order valence-electron chi connectivity index (χ0n) is 14.7. The minimum absolute atomic E-state index is 0.109. The lowest BCUT2D eigenvalue weighted by molar-refractivity contribution is -0.156. The van der Waals surface area contributed by atoms with E-state index in [1.807, 2.05) is 0 Å². The molecule has 0 saturated carbocycles. The van der Waals surface area contributed by atoms with Crippen LogP contribution in [-0.2, 0) is 20.7 Å². The standard InChI is InChI=1S/C18H20N2O6/c1-18(24)8-11-13(15(21)20-19-11)12(14(18)17(23)26-3)9-4-6-10(7-5-9)16(22)25-2/h4-7,12,14,24H,8H2,1-3H3,(H2,19,20,21)/t12-,14-,18-/m1/s1. The maximum absolute atomic E-state index is 12.5. The molecule has 2 aromatic rings. The highest BCUT2D eigenvalue weighted by molar-refractivity contribution is 5.89. The van der Waals surface area contributed by atoms with Crippen molar-refractivity contribution < 1.29 is 24.2 Å². The van der Waals surface area contributed by atoms with Crippen LogP contribution in [0.4, 0.5) is 0 Å². The first-order chi connectivity index (χ1) is 12.3. The van der Waals surface area contributed by atoms with Crippen LogP contribution in [0.1, 0.15) is 40.0 Å². The Kier molecular flexibility index (Phi) is 4.45. The van der Waals surface area contributed by atoms with Crippen molar-refractivity contribution in [2.24, 2.45) is 5.92 Å². The van der Waals surface area contributed by atoms with Gasteiger partial charge in [-0.3, -0.25) is 14.7 Å². The number of aromatic amines is 2. The number of esters is 2. The summed E-state index contributed by atoms with van der Waals surface area (Å²) >= 11 is 0. The van der Waals surface area contributed by atoms with Crippen LogP contribution in [-0.4, -0.2) is 47.1 Å². The summed E-state index contributed by atoms with van der Waals surface area (Å²) < 4.78 is 9.57. The summed E-state index contributed by atoms with van der Waals surface area (Å²) in [4.78, 5) is 36.4. The molecule has 0 amide bonds. The second-order valence-electron chi connectivity index (χ2n) is 6.60. The molecule has 0 aliphatic heterocycles. The van der Waals surface area contributed by atoms with E-state index in [0.717, 1.165) is 0 Å². The average molecular weight is 360 g/mol. The Hall–Kier alpha value is -2.87. The number of rotatable bonds is 3. The first-order valence-corrected chi connectivity index (χ1v) is 8.08. The molecule has 26 heavy (non-hydrogen) atoms. The lowest BCUT2D eigenvalue weighted by atomic mass is 9.66. The van der Waals surface area contributed by atoms with Gasteiger partial charge in [0.05, 0.1) is 31.3 Å². The van der Waals surface area contributed by atoms with E-state index >= 15 is 0 Å². The predicted octanol–water partition coefficient (Wildman–Crippen LogP) is 0.718. The van der Waals surface area contributed by atoms with Gasteiger partial charge in [-0.2, -0.15) is 0 Å². The first kappa shape index (κ1) is 17.9. The minimum Gasteiger partial charge on any atom is -0.469 e. The number of aliphatic hydroxyl groups is 1. The fourth-order valence-corrected chi connectivity index (χ4v) is 3.69. The Morgan fingerprint density at radius 1 is 1.15 bits per heavy atom. The number of fused-ring (bicyclic) bond motifs is 1. The van der Waals surface area contributed by atoms with Crippen LogP contribution in [0.3, 0.4) is 0 Å². The van der Waals surface area contributed by atoms with Crippen LogP contribution in [0.15, 0.2) is 29.1 Å². The van der Waals surface area contributed by atoms with Gasteiger partial charge >= 0.3 is 11.9 Å². The molecule has 3 N–H and O–H groups in total. The first-order valence-electron chi connectivity index (χ1n) is 8.08. The van der Waals surface area contributed by atoms with Crippen LogP contribution >= 0.6 is 0 Å². The van der Waals surface area contributed by atoms with Gasteiger partial charge < -0.3 is 19.7 Å². The van der Waals surface area contributed by atoms with Gasteiger partial charge in [-0.05, 0) is 24.6 Å². The number of benzene rings is 1. The summed E-state index contributed by atoms with van der Waals surface area (Å²) in [6.07, 6.45) is 0.109. The predicted molar refractivity (Wildman–Crippen MR) is 90.9 cm³/mol. The molecule has 8 nitrogen and oxygen atoms in total. The number of aromatic nitrogens is 2. The molecule has 0 fully saturated rings. The van der Waals surface area contributed by atoms with Gasteiger partial charge in [-0.15, -0.1) is 0 Å². The third-order valence-corrected chi connectivity index (χ3v) is 4.89. The molecule has 0 spiro atoms. The number of methoxy groups -OCH3 is 2. The van der Waals surface area contributed by atoms with E-state index in [1.165, 1.54) is 14.2 Å². The van der Waals surface area contributed by atoms with E-state index in [2.05, 4.69) is 14.9 Å². The van der Waals surface area contributed by atoms with Crippen molar-refractivity contribution in [2.75, 3.05) is 14.2 Å². The van der Waals surface area contributed by atoms with Gasteiger partial charge in [-0.1, -0.05) is 12.1 Å². The van der Waals surface area contributed by atoms with E-state index < -0.39 is 29.4 Å². The lowest BCUT2D eigenvalue weighted by Gasteiger charge is -2.40. The molecule has 1 aliphatic rings. The number of ether oxygens (including phenoxy) is 2. The number of nitrogens with one attached hydrogen (secondary N) is 2. The fourth-order valence-electron chi connectivity index (χ4n) is 3.69. The summed E-state index contributed by atoms with van der Waals surface area (Å²) in [6, 6.07) is 6.40. The van der Waals surface area contributed by atoms with Crippen molar-refractivity contribution in [3.63, 3.8) is 0 Å². The summed E-state index contributed by atoms with van der Waals surface area (Å²) in [5, 5.41) is 16.2. The normalized spacial score (nSPS) is 24.6. The van der Waals surface area contributed by atoms with E-state index in [9.17, 15) is 19.5 Å². The Labute approximate surface area is 149 Å². The smallest absolute Gasteiger partial charge is 0.337 e. The maximum Gasteiger partial charge on any atom is 0.337 e. The molecule has 1 aliphatic carbocycles. The average Bonchev–Trinajstić information content (AvgIpc) is 2.98. The van der Waals surface area contributed by atoms with Crippen LogP contribution in [0.25, 0.3) is 0 Å². The van der Waals surface area contributed by atoms with Gasteiger partial charge in [0.25, 0.3) is 5.56 Å². The number of H-pyrrole nitrogens is 2. The molecule has 0 unspecified atom stereocenters. The van der Waals surface area contributed by atoms with Gasteiger partial charge in [-0.25, -0.2) is 4.79 Å². The lowest BCUT2D eigenvalue weighted by Crippen LogP contribution is -2.49. The number of carbonyl (C=O) groups excluding carboxylic acids is 2. The van der Waals surface area contributed by atoms with Gasteiger partial charge in [0.15, 0.2) is 0 Å². The van der Waals surface area contributed by atoms with Crippen LogP contribution in [0.5, 0.6) is 0 Å². The van der Waals surface area contributed by atoms with E-state index in [-0.39, 0.29) is 12.0 Å². The minimum atomic E-state index is -1.42. The van der Waals surface area contributed by atoms with Crippen molar-refractivity contribution in [3.05, 3.63) is 57.0 Å². The second kappa shape index (κ2) is 6.45. The van der Waals surface area contributed by atoms with Crippen LogP contribution in [0, 0.1) is 5.92 Å². The topological polar surface area (TPSA) is 121 Å². The highest BCUT2D eigenvalue weighted by Crippen LogP contribution is 2.44. The van der Waals surface area contributed by atoms with Crippen LogP contribution in [0.2, 0.25) is 0 Å². The summed E-state index contributed by atoms with van der Waals surface area (Å²) in [5.74, 6) is -2.79. The van der Waals surface area contributed by atoms with Gasteiger partial charge in [0.1, 0.15) is 0 Å². The van der Waals surface area contributed by atoms with Gasteiger partial charge in [0, 0.05) is 23.6 Å². The summed E-state index contributed by atoms with van der Waals surface area (Å²) in [6.45, 7) is 1.54. The van der Waals surface area contributed by atoms with Crippen molar-refractivity contribution in [1.29, 1.82) is 0 Å². The molecule has 1 aromatic heterocycles. The number of carbonyl (C=O) groups is 2. The zero-order valence-corrected chi connectivity index (χ0v) is 14.7. The molecule has 0 bridgehead atoms. The molecule has 138 valence electrons. The molecular formula is C18H20N2O6. The van der Waals surface area contributed by atoms with E-state index in [0.29, 0.717) is 22.4 Å². The Balaban J connectivity index is 2.16. The van der Waals surface area contributed by atoms with Crippen molar-refractivity contribution in [1.82, 2.24) is 10.2 Å². The monoisotopic (exact) mass is 360 g/mol. The largest absolute Gasteiger partial charge is 0.469 e. The molecular weight excluding hydrogens is 340 g/mol. The Morgan fingerprint density at radius 2 is 1.81 bits per heavy atom. The molecule has 1 heterocycles. The molecule has 3 atom stereocenters. The van der Waals surface area contributed by atoms with Crippen LogP contribution < -0.4 is 5.56 Å². The molecule has 0 saturated heterocycles. The Morgan fingerprint density at radius 3 is 2.38 bits per heavy atom. The number of hydrogen-bond acceptors (Lipinski definition) is 6. The van der Waals surface area contributed by atoms with Gasteiger partial charge in [0.2, 0.25) is 0 Å². The summed E-state index contributed by atoms with van der Waals surface area (Å²) in [7, 11) is 2.53. The molecule has 8 heteroatoms. The highest BCUT2D eigenvalue weighted by atomic mass is 16.5. The van der Waals surface area contributed by atoms with E-state index in [4.69, 9.17) is 4.74 Å². The maximum atomic E-state index is 12.5. The fraction of sp³-hybridized carbons (Fsp3) is 0.389. The molecule has 1 aromatic carbocycles. The zero-order chi connectivity index (χ0) is 19.1. The third kappa shape index (κ3) is 2.82. The highest BCUT2D eigenvalue weighted by Gasteiger charge is 2.51. The number of hydrogen-bond donors (Lipinski definition) is 3. The SMILES string of the molecule is COC(=O)c1ccc([C@@H]2c3c([nH][nH]c3=O)C[C@@](C)(O)[C@H]2C(=O)OC)cc1. The van der Waals surface area contributed by atoms with Crippen molar-refractivity contribution >= 4 is 11.9 Å².